The van der Waals surface area contributed by atoms with Gasteiger partial charge < -0.3 is 15.5 Å². The first-order valence-corrected chi connectivity index (χ1v) is 10.3. The van der Waals surface area contributed by atoms with Crippen LogP contribution in [0.15, 0.2) is 48.2 Å². The van der Waals surface area contributed by atoms with Crippen LogP contribution in [0.25, 0.3) is 16.7 Å². The number of carbonyl (C=O) groups excluding carboxylic acids is 1. The first-order chi connectivity index (χ1) is 14.5. The molecule has 0 radical (unpaired) electrons. The fourth-order valence-corrected chi connectivity index (χ4v) is 4.51. The largest absolute Gasteiger partial charge is 0.509 e. The number of nitrogens with one attached hydrogen (secondary N) is 1. The molecule has 1 saturated carbocycles. The third-order valence-corrected chi connectivity index (χ3v) is 6.66. The summed E-state index contributed by atoms with van der Waals surface area (Å²) in [7, 11) is 0. The molecular weight excluding hydrogens is 431 g/mol. The lowest BCUT2D eigenvalue weighted by molar-refractivity contribution is -0.272. The van der Waals surface area contributed by atoms with Crippen LogP contribution in [0.1, 0.15) is 36.8 Å². The van der Waals surface area contributed by atoms with Gasteiger partial charge in [-0.15, -0.1) is 0 Å². The molecule has 164 valence electrons. The van der Waals surface area contributed by atoms with Crippen molar-refractivity contribution in [1.29, 1.82) is 0 Å². The Labute approximate surface area is 182 Å². The second kappa shape index (κ2) is 7.28. The van der Waals surface area contributed by atoms with Crippen molar-refractivity contribution < 1.29 is 28.2 Å². The molecule has 0 atom stereocenters. The van der Waals surface area contributed by atoms with E-state index in [2.05, 4.69) is 5.32 Å². The summed E-state index contributed by atoms with van der Waals surface area (Å²) in [5.74, 6) is -0.801. The molecule has 0 bridgehead atoms. The first kappa shape index (κ1) is 21.7. The third kappa shape index (κ3) is 3.59. The predicted octanol–water partition coefficient (Wildman–Crippen LogP) is 5.32. The van der Waals surface area contributed by atoms with E-state index in [1.165, 1.54) is 0 Å². The molecule has 2 aromatic rings. The van der Waals surface area contributed by atoms with E-state index in [1.807, 2.05) is 24.3 Å². The van der Waals surface area contributed by atoms with Crippen LogP contribution in [-0.4, -0.2) is 33.4 Å². The maximum absolute atomic E-state index is 13.2. The van der Waals surface area contributed by atoms with Crippen LogP contribution in [0.2, 0.25) is 5.02 Å². The number of aliphatic hydroxyl groups excluding tert-OH is 1. The highest BCUT2D eigenvalue weighted by atomic mass is 35.5. The Bertz CT molecular complexity index is 1070. The van der Waals surface area contributed by atoms with E-state index in [0.29, 0.717) is 10.6 Å². The summed E-state index contributed by atoms with van der Waals surface area (Å²) in [5, 5.41) is 24.2. The highest BCUT2D eigenvalue weighted by Crippen LogP contribution is 2.49. The zero-order chi connectivity index (χ0) is 22.6. The van der Waals surface area contributed by atoms with Crippen molar-refractivity contribution in [2.24, 2.45) is 0 Å². The van der Waals surface area contributed by atoms with E-state index in [1.54, 1.807) is 25.1 Å². The highest BCUT2D eigenvalue weighted by Gasteiger charge is 2.59. The molecule has 1 aliphatic carbocycles. The van der Waals surface area contributed by atoms with Gasteiger partial charge in [-0.2, -0.15) is 13.2 Å². The maximum atomic E-state index is 13.2. The van der Waals surface area contributed by atoms with E-state index in [9.17, 15) is 28.2 Å². The van der Waals surface area contributed by atoms with Gasteiger partial charge in [-0.1, -0.05) is 35.9 Å². The fourth-order valence-electron chi connectivity index (χ4n) is 4.38. The predicted molar refractivity (Wildman–Crippen MR) is 112 cm³/mol. The number of aryl methyl sites for hydroxylation is 1. The topological polar surface area (TPSA) is 69.6 Å². The SMILES string of the molecule is Cc1ccc(-c2ccc(Cl)cc2)cc1C1=C(O)[C@]2(CC[C@@](O)(C(F)(F)F)CC2)NC1=O. The Kier molecular flexibility index (Phi) is 5.10. The van der Waals surface area contributed by atoms with Crippen molar-refractivity contribution in [2.75, 3.05) is 0 Å². The number of amides is 1. The smallest absolute Gasteiger partial charge is 0.417 e. The van der Waals surface area contributed by atoms with Gasteiger partial charge in [0.1, 0.15) is 5.76 Å². The van der Waals surface area contributed by atoms with E-state index >= 15 is 0 Å². The molecule has 1 fully saturated rings. The molecule has 1 heterocycles. The zero-order valence-corrected chi connectivity index (χ0v) is 17.4. The van der Waals surface area contributed by atoms with E-state index in [4.69, 9.17) is 11.6 Å². The van der Waals surface area contributed by atoms with Crippen LogP contribution in [0.5, 0.6) is 0 Å². The van der Waals surface area contributed by atoms with Gasteiger partial charge in [-0.3, -0.25) is 4.79 Å². The molecule has 0 saturated heterocycles. The van der Waals surface area contributed by atoms with Gasteiger partial charge in [0.2, 0.25) is 0 Å². The first-order valence-electron chi connectivity index (χ1n) is 9.88. The fraction of sp³-hybridized carbons (Fsp3) is 0.348. The molecule has 0 aromatic heterocycles. The molecule has 1 spiro atoms. The minimum atomic E-state index is -4.76. The number of aliphatic hydroxyl groups is 2. The molecule has 1 aliphatic heterocycles. The Balaban J connectivity index is 1.72. The van der Waals surface area contributed by atoms with Crippen molar-refractivity contribution >= 4 is 23.1 Å². The summed E-state index contributed by atoms with van der Waals surface area (Å²) >= 11 is 5.95. The van der Waals surface area contributed by atoms with Crippen LogP contribution in [0, 0.1) is 6.92 Å². The van der Waals surface area contributed by atoms with E-state index < -0.39 is 36.1 Å². The maximum Gasteiger partial charge on any atom is 0.417 e. The van der Waals surface area contributed by atoms with Gasteiger partial charge in [0.15, 0.2) is 5.60 Å². The quantitative estimate of drug-likeness (QED) is 0.578. The summed E-state index contributed by atoms with van der Waals surface area (Å²) in [6, 6.07) is 12.6. The van der Waals surface area contributed by atoms with Crippen molar-refractivity contribution in [1.82, 2.24) is 5.32 Å². The molecule has 2 aromatic carbocycles. The lowest BCUT2D eigenvalue weighted by Gasteiger charge is -2.42. The molecule has 1 amide bonds. The number of carbonyl (C=O) groups is 1. The number of benzene rings is 2. The summed E-state index contributed by atoms with van der Waals surface area (Å²) < 4.78 is 39.5. The van der Waals surface area contributed by atoms with Crippen LogP contribution in [0.3, 0.4) is 0 Å². The Morgan fingerprint density at radius 2 is 1.58 bits per heavy atom. The number of hydrogen-bond donors (Lipinski definition) is 3. The Morgan fingerprint density at radius 3 is 2.16 bits per heavy atom. The summed E-state index contributed by atoms with van der Waals surface area (Å²) in [5.41, 5.74) is -1.12. The van der Waals surface area contributed by atoms with Crippen LogP contribution < -0.4 is 5.32 Å². The number of alkyl halides is 3. The summed E-state index contributed by atoms with van der Waals surface area (Å²) in [6.45, 7) is 1.79. The molecule has 4 rings (SSSR count). The molecule has 31 heavy (non-hydrogen) atoms. The molecule has 3 N–H and O–H groups in total. The lowest BCUT2D eigenvalue weighted by Crippen LogP contribution is -2.56. The molecule has 0 unspecified atom stereocenters. The van der Waals surface area contributed by atoms with Crippen molar-refractivity contribution in [3.8, 4) is 11.1 Å². The van der Waals surface area contributed by atoms with Crippen molar-refractivity contribution in [3.63, 3.8) is 0 Å². The molecule has 4 nitrogen and oxygen atoms in total. The highest BCUT2D eigenvalue weighted by molar-refractivity contribution is 6.30. The summed E-state index contributed by atoms with van der Waals surface area (Å²) in [6.07, 6.45) is -6.38. The van der Waals surface area contributed by atoms with Crippen LogP contribution in [-0.2, 0) is 4.79 Å². The van der Waals surface area contributed by atoms with Gasteiger partial charge in [0.25, 0.3) is 5.91 Å². The zero-order valence-electron chi connectivity index (χ0n) is 16.7. The Morgan fingerprint density at radius 1 is 1.00 bits per heavy atom. The van der Waals surface area contributed by atoms with Gasteiger partial charge >= 0.3 is 6.18 Å². The van der Waals surface area contributed by atoms with Crippen molar-refractivity contribution in [2.45, 2.75) is 49.9 Å². The van der Waals surface area contributed by atoms with E-state index in [-0.39, 0.29) is 24.2 Å². The second-order valence-electron chi connectivity index (χ2n) is 8.33. The molecular formula is C23H21ClF3NO3. The number of hydrogen-bond acceptors (Lipinski definition) is 3. The average molecular weight is 452 g/mol. The monoisotopic (exact) mass is 451 g/mol. The minimum absolute atomic E-state index is 0.0609. The summed E-state index contributed by atoms with van der Waals surface area (Å²) in [4.78, 5) is 12.8. The van der Waals surface area contributed by atoms with Gasteiger partial charge in [-0.05, 0) is 73.1 Å². The Hall–Kier alpha value is -2.51. The molecule has 8 heteroatoms. The lowest BCUT2D eigenvalue weighted by atomic mass is 9.73. The third-order valence-electron chi connectivity index (χ3n) is 6.41. The van der Waals surface area contributed by atoms with Gasteiger partial charge in [0, 0.05) is 5.02 Å². The molecule has 2 aliphatic rings. The average Bonchev–Trinajstić information content (AvgIpc) is 2.94. The van der Waals surface area contributed by atoms with Gasteiger partial charge in [0.05, 0.1) is 11.1 Å². The minimum Gasteiger partial charge on any atom is -0.509 e. The normalized spacial score (nSPS) is 26.5. The second-order valence-corrected chi connectivity index (χ2v) is 8.76. The van der Waals surface area contributed by atoms with Gasteiger partial charge in [-0.25, -0.2) is 0 Å². The van der Waals surface area contributed by atoms with Crippen LogP contribution in [0.4, 0.5) is 13.2 Å². The number of halogens is 4. The van der Waals surface area contributed by atoms with Crippen molar-refractivity contribution in [3.05, 3.63) is 64.4 Å². The van der Waals surface area contributed by atoms with E-state index in [0.717, 1.165) is 16.7 Å². The number of rotatable bonds is 2. The standard InChI is InChI=1S/C23H21ClF3NO3/c1-13-2-3-15(14-4-6-16(24)7-5-14)12-17(13)18-19(29)21(28-20(18)30)8-10-22(31,11-9-21)23(25,26)27/h2-7,12,29,31H,8-11H2,1H3,(H,28,30)/t21-,22+. The van der Waals surface area contributed by atoms with Crippen LogP contribution >= 0.6 is 11.6 Å².